The quantitative estimate of drug-likeness (QED) is 0.717. The molecule has 4 saturated carbocycles. The Kier molecular flexibility index (Phi) is 4.29. The lowest BCUT2D eigenvalue weighted by Crippen LogP contribution is -2.54. The summed E-state index contributed by atoms with van der Waals surface area (Å²) >= 11 is 7.19. The first-order chi connectivity index (χ1) is 10.6. The molecule has 1 aromatic rings. The normalized spacial score (nSPS) is 35.9. The Morgan fingerprint density at radius 2 is 1.68 bits per heavy atom. The van der Waals surface area contributed by atoms with Gasteiger partial charge in [0.05, 0.1) is 11.6 Å². The molecule has 4 bridgehead atoms. The number of hydrogen-bond donors (Lipinski definition) is 1. The van der Waals surface area contributed by atoms with Crippen molar-refractivity contribution in [1.29, 1.82) is 0 Å². The fourth-order valence-corrected chi connectivity index (χ4v) is 6.94. The van der Waals surface area contributed by atoms with Gasteiger partial charge in [-0.25, -0.2) is 0 Å². The summed E-state index contributed by atoms with van der Waals surface area (Å²) in [5.74, 6) is 4.86. The lowest BCUT2D eigenvalue weighted by atomic mass is 9.54. The Balaban J connectivity index is 1.49. The summed E-state index contributed by atoms with van der Waals surface area (Å²) in [6.45, 7) is 0.897. The van der Waals surface area contributed by atoms with Crippen molar-refractivity contribution >= 4 is 31.9 Å². The third-order valence-electron chi connectivity index (χ3n) is 6.04. The molecule has 22 heavy (non-hydrogen) atoms. The highest BCUT2D eigenvalue weighted by molar-refractivity contribution is 9.11. The van der Waals surface area contributed by atoms with Crippen molar-refractivity contribution < 1.29 is 4.74 Å². The number of benzene rings is 1. The van der Waals surface area contributed by atoms with E-state index in [-0.39, 0.29) is 0 Å². The van der Waals surface area contributed by atoms with E-state index in [2.05, 4.69) is 43.2 Å². The molecule has 120 valence electrons. The number of hydrogen-bond acceptors (Lipinski definition) is 2. The first kappa shape index (κ1) is 15.5. The van der Waals surface area contributed by atoms with Crippen LogP contribution in [0.25, 0.3) is 0 Å². The summed E-state index contributed by atoms with van der Waals surface area (Å²) in [7, 11) is 1.75. The SMILES string of the molecule is COc1c(Br)cc(Br)cc1CNC1C2CC3CC(C2)CC1C3. The fraction of sp³-hybridized carbons (Fsp3) is 0.667. The van der Waals surface area contributed by atoms with Crippen LogP contribution in [0.1, 0.15) is 37.7 Å². The van der Waals surface area contributed by atoms with E-state index < -0.39 is 0 Å². The molecule has 0 aromatic heterocycles. The molecular weight excluding hydrogens is 406 g/mol. The Hall–Kier alpha value is -0.0600. The van der Waals surface area contributed by atoms with Gasteiger partial charge in [0.2, 0.25) is 0 Å². The summed E-state index contributed by atoms with van der Waals surface area (Å²) in [6, 6.07) is 4.94. The van der Waals surface area contributed by atoms with Gasteiger partial charge in [-0.3, -0.25) is 0 Å². The van der Waals surface area contributed by atoms with E-state index in [4.69, 9.17) is 4.74 Å². The van der Waals surface area contributed by atoms with E-state index in [1.54, 1.807) is 7.11 Å². The number of nitrogens with one attached hydrogen (secondary N) is 1. The lowest BCUT2D eigenvalue weighted by Gasteiger charge is -2.54. The van der Waals surface area contributed by atoms with Crippen molar-refractivity contribution in [3.05, 3.63) is 26.6 Å². The summed E-state index contributed by atoms with van der Waals surface area (Å²) in [5.41, 5.74) is 1.23. The van der Waals surface area contributed by atoms with Crippen LogP contribution in [0.15, 0.2) is 21.1 Å². The monoisotopic (exact) mass is 427 g/mol. The molecule has 0 saturated heterocycles. The fourth-order valence-electron chi connectivity index (χ4n) is 5.46. The van der Waals surface area contributed by atoms with Crippen molar-refractivity contribution in [1.82, 2.24) is 5.32 Å². The van der Waals surface area contributed by atoms with Gasteiger partial charge in [0.1, 0.15) is 5.75 Å². The zero-order chi connectivity index (χ0) is 15.3. The average molecular weight is 429 g/mol. The molecule has 4 aliphatic rings. The Bertz CT molecular complexity index is 546. The van der Waals surface area contributed by atoms with Crippen LogP contribution < -0.4 is 10.1 Å². The van der Waals surface area contributed by atoms with Crippen molar-refractivity contribution in [2.45, 2.75) is 44.7 Å². The van der Waals surface area contributed by atoms with Gasteiger partial charge in [-0.2, -0.15) is 0 Å². The lowest BCUT2D eigenvalue weighted by molar-refractivity contribution is -0.0143. The number of methoxy groups -OCH3 is 1. The third kappa shape index (κ3) is 2.76. The minimum absolute atomic E-state index is 0.718. The van der Waals surface area contributed by atoms with Crippen LogP contribution in [-0.2, 0) is 6.54 Å². The van der Waals surface area contributed by atoms with Gasteiger partial charge in [-0.1, -0.05) is 15.9 Å². The van der Waals surface area contributed by atoms with Crippen molar-refractivity contribution in [2.75, 3.05) is 7.11 Å². The molecule has 4 aliphatic carbocycles. The molecule has 5 rings (SSSR count). The maximum atomic E-state index is 5.58. The van der Waals surface area contributed by atoms with E-state index in [0.717, 1.165) is 51.0 Å². The molecule has 0 atom stereocenters. The Morgan fingerprint density at radius 1 is 1.05 bits per heavy atom. The predicted octanol–water partition coefficient (Wildman–Crippen LogP) is 5.13. The summed E-state index contributed by atoms with van der Waals surface area (Å²) in [5, 5.41) is 3.89. The first-order valence-electron chi connectivity index (χ1n) is 8.39. The van der Waals surface area contributed by atoms with Gasteiger partial charge in [-0.15, -0.1) is 0 Å². The second kappa shape index (κ2) is 6.10. The van der Waals surface area contributed by atoms with Gasteiger partial charge in [-0.05, 0) is 83.8 Å². The second-order valence-electron chi connectivity index (χ2n) is 7.42. The smallest absolute Gasteiger partial charge is 0.137 e. The molecule has 0 amide bonds. The third-order valence-corrected chi connectivity index (χ3v) is 7.09. The van der Waals surface area contributed by atoms with Gasteiger partial charge < -0.3 is 10.1 Å². The van der Waals surface area contributed by atoms with Gasteiger partial charge >= 0.3 is 0 Å². The maximum absolute atomic E-state index is 5.58. The molecule has 2 nitrogen and oxygen atoms in total. The van der Waals surface area contributed by atoms with Crippen molar-refractivity contribution in [2.24, 2.45) is 23.7 Å². The molecule has 0 unspecified atom stereocenters. The molecule has 4 fully saturated rings. The first-order valence-corrected chi connectivity index (χ1v) is 9.98. The Morgan fingerprint density at radius 3 is 2.27 bits per heavy atom. The number of rotatable bonds is 4. The highest BCUT2D eigenvalue weighted by Crippen LogP contribution is 2.53. The topological polar surface area (TPSA) is 21.3 Å². The van der Waals surface area contributed by atoms with Crippen LogP contribution in [0.4, 0.5) is 0 Å². The zero-order valence-corrected chi connectivity index (χ0v) is 16.1. The molecule has 0 radical (unpaired) electrons. The van der Waals surface area contributed by atoms with Gasteiger partial charge in [0.25, 0.3) is 0 Å². The van der Waals surface area contributed by atoms with Gasteiger partial charge in [0.15, 0.2) is 0 Å². The van der Waals surface area contributed by atoms with Crippen LogP contribution in [0.2, 0.25) is 0 Å². The molecule has 4 heteroatoms. The van der Waals surface area contributed by atoms with Gasteiger partial charge in [0, 0.05) is 22.6 Å². The zero-order valence-electron chi connectivity index (χ0n) is 12.9. The highest BCUT2D eigenvalue weighted by atomic mass is 79.9. The van der Waals surface area contributed by atoms with Crippen molar-refractivity contribution in [3.8, 4) is 5.75 Å². The molecule has 0 aliphatic heterocycles. The van der Waals surface area contributed by atoms with E-state index in [9.17, 15) is 0 Å². The highest BCUT2D eigenvalue weighted by Gasteiger charge is 2.47. The molecule has 0 spiro atoms. The van der Waals surface area contributed by atoms with Crippen LogP contribution in [0.5, 0.6) is 5.75 Å². The standard InChI is InChI=1S/C18H23Br2NO/c1-22-18-14(7-15(19)8-16(18)20)9-21-17-12-3-10-2-11(5-12)6-13(17)4-10/h7-8,10-13,17,21H,2-6,9H2,1H3. The molecule has 1 N–H and O–H groups in total. The van der Waals surface area contributed by atoms with E-state index in [1.807, 2.05) is 6.07 Å². The average Bonchev–Trinajstić information content (AvgIpc) is 2.45. The Labute approximate surface area is 149 Å². The minimum Gasteiger partial charge on any atom is -0.495 e. The van der Waals surface area contributed by atoms with Crippen LogP contribution in [0.3, 0.4) is 0 Å². The van der Waals surface area contributed by atoms with Crippen molar-refractivity contribution in [3.63, 3.8) is 0 Å². The molecular formula is C18H23Br2NO. The summed E-state index contributed by atoms with van der Waals surface area (Å²) < 4.78 is 7.70. The van der Waals surface area contributed by atoms with E-state index in [0.29, 0.717) is 0 Å². The number of ether oxygens (including phenoxy) is 1. The largest absolute Gasteiger partial charge is 0.495 e. The maximum Gasteiger partial charge on any atom is 0.137 e. The minimum atomic E-state index is 0.718. The van der Waals surface area contributed by atoms with Crippen LogP contribution in [-0.4, -0.2) is 13.2 Å². The molecule has 0 heterocycles. The van der Waals surface area contributed by atoms with Crippen LogP contribution in [0, 0.1) is 23.7 Å². The van der Waals surface area contributed by atoms with E-state index >= 15 is 0 Å². The predicted molar refractivity (Wildman–Crippen MR) is 96.1 cm³/mol. The number of halogens is 2. The van der Waals surface area contributed by atoms with Crippen LogP contribution >= 0.6 is 31.9 Å². The summed E-state index contributed by atoms with van der Waals surface area (Å²) in [4.78, 5) is 0. The summed E-state index contributed by atoms with van der Waals surface area (Å²) in [6.07, 6.45) is 7.37. The van der Waals surface area contributed by atoms with E-state index in [1.165, 1.54) is 37.7 Å². The second-order valence-corrected chi connectivity index (χ2v) is 9.19. The molecule has 1 aromatic carbocycles.